The second kappa shape index (κ2) is 15.6. The lowest BCUT2D eigenvalue weighted by Gasteiger charge is -2.19. The molecule has 11 nitrogen and oxygen atoms in total. The number of hydrogen-bond acceptors (Lipinski definition) is 9. The van der Waals surface area contributed by atoms with Gasteiger partial charge in [0, 0.05) is 27.9 Å². The number of thioether (sulfide) groups is 1. The van der Waals surface area contributed by atoms with Crippen LogP contribution in [-0.2, 0) is 9.59 Å². The number of benzene rings is 4. The summed E-state index contributed by atoms with van der Waals surface area (Å²) in [6.45, 7) is 0.958. The average Bonchev–Trinajstić information content (AvgIpc) is 3.10. The third-order valence-electron chi connectivity index (χ3n) is 6.83. The molecule has 3 N–H and O–H groups in total. The van der Waals surface area contributed by atoms with E-state index in [1.165, 1.54) is 39.2 Å². The fourth-order valence-corrected chi connectivity index (χ4v) is 5.29. The monoisotopic (exact) mass is 655 g/mol. The molecular formula is C35H33N3O8S. The number of fused-ring (bicyclic) bond motifs is 1. The quantitative estimate of drug-likeness (QED) is 0.131. The van der Waals surface area contributed by atoms with Crippen molar-refractivity contribution in [3.05, 3.63) is 102 Å². The van der Waals surface area contributed by atoms with Gasteiger partial charge >= 0.3 is 0 Å². The molecular weight excluding hydrogens is 622 g/mol. The largest absolute Gasteiger partial charge is 0.493 e. The van der Waals surface area contributed by atoms with Gasteiger partial charge in [0.05, 0.1) is 27.1 Å². The van der Waals surface area contributed by atoms with Crippen LogP contribution in [0.1, 0.15) is 15.9 Å². The highest BCUT2D eigenvalue weighted by molar-refractivity contribution is 8.00. The van der Waals surface area contributed by atoms with Gasteiger partial charge in [-0.2, -0.15) is 0 Å². The molecule has 1 aliphatic heterocycles. The fraction of sp³-hybridized carbons (Fsp3) is 0.171. The van der Waals surface area contributed by atoms with E-state index in [0.717, 1.165) is 4.90 Å². The molecule has 1 aliphatic rings. The zero-order valence-electron chi connectivity index (χ0n) is 26.0. The third-order valence-corrected chi connectivity index (χ3v) is 7.85. The van der Waals surface area contributed by atoms with Gasteiger partial charge in [0.1, 0.15) is 18.9 Å². The maximum atomic E-state index is 13.5. The Bertz CT molecular complexity index is 1750. The zero-order chi connectivity index (χ0) is 33.2. The second-order valence-electron chi connectivity index (χ2n) is 10.0. The van der Waals surface area contributed by atoms with E-state index in [2.05, 4.69) is 16.0 Å². The van der Waals surface area contributed by atoms with Gasteiger partial charge < -0.3 is 39.6 Å². The summed E-state index contributed by atoms with van der Waals surface area (Å²) in [6, 6.07) is 24.2. The van der Waals surface area contributed by atoms with E-state index in [9.17, 15) is 14.4 Å². The summed E-state index contributed by atoms with van der Waals surface area (Å²) >= 11 is 1.35. The summed E-state index contributed by atoms with van der Waals surface area (Å²) in [6.07, 6.45) is 1.52. The van der Waals surface area contributed by atoms with Crippen LogP contribution in [0, 0.1) is 0 Å². The highest BCUT2D eigenvalue weighted by atomic mass is 32.2. The van der Waals surface area contributed by atoms with Gasteiger partial charge in [-0.15, -0.1) is 11.8 Å². The van der Waals surface area contributed by atoms with Gasteiger partial charge in [0.25, 0.3) is 11.8 Å². The summed E-state index contributed by atoms with van der Waals surface area (Å²) < 4.78 is 27.4. The Hall–Kier alpha value is -5.62. The number of hydrogen-bond donors (Lipinski definition) is 3. The molecule has 0 radical (unpaired) electrons. The topological polar surface area (TPSA) is 133 Å². The second-order valence-corrected chi connectivity index (χ2v) is 11.1. The number of rotatable bonds is 12. The Morgan fingerprint density at radius 2 is 1.43 bits per heavy atom. The smallest absolute Gasteiger partial charge is 0.272 e. The highest BCUT2D eigenvalue weighted by Gasteiger charge is 2.18. The normalized spacial score (nSPS) is 12.0. The Balaban J connectivity index is 1.27. The van der Waals surface area contributed by atoms with Crippen molar-refractivity contribution in [2.24, 2.45) is 0 Å². The molecule has 0 fully saturated rings. The molecule has 0 unspecified atom stereocenters. The lowest BCUT2D eigenvalue weighted by molar-refractivity contribution is -0.114. The number of anilines is 2. The van der Waals surface area contributed by atoms with Crippen molar-refractivity contribution in [3.8, 4) is 28.7 Å². The zero-order valence-corrected chi connectivity index (χ0v) is 26.8. The van der Waals surface area contributed by atoms with Gasteiger partial charge in [-0.1, -0.05) is 18.2 Å². The Morgan fingerprint density at radius 3 is 2.09 bits per heavy atom. The van der Waals surface area contributed by atoms with Crippen LogP contribution in [0.3, 0.4) is 0 Å². The van der Waals surface area contributed by atoms with Gasteiger partial charge in [-0.25, -0.2) is 0 Å². The van der Waals surface area contributed by atoms with Crippen molar-refractivity contribution in [2.75, 3.05) is 50.9 Å². The van der Waals surface area contributed by atoms with Crippen LogP contribution in [0.15, 0.2) is 95.5 Å². The number of nitrogens with one attached hydrogen (secondary N) is 3. The van der Waals surface area contributed by atoms with Crippen LogP contribution in [-0.4, -0.2) is 58.0 Å². The van der Waals surface area contributed by atoms with E-state index in [1.807, 2.05) is 0 Å². The van der Waals surface area contributed by atoms with Crippen LogP contribution < -0.4 is 39.6 Å². The molecule has 4 aromatic carbocycles. The van der Waals surface area contributed by atoms with Gasteiger partial charge in [0.2, 0.25) is 11.7 Å². The maximum Gasteiger partial charge on any atom is 0.272 e. The molecule has 47 heavy (non-hydrogen) atoms. The van der Waals surface area contributed by atoms with Crippen LogP contribution in [0.2, 0.25) is 0 Å². The van der Waals surface area contributed by atoms with Gasteiger partial charge in [0.15, 0.2) is 23.0 Å². The fourth-order valence-electron chi connectivity index (χ4n) is 4.59. The molecule has 12 heteroatoms. The van der Waals surface area contributed by atoms with E-state index in [0.29, 0.717) is 64.5 Å². The molecule has 1 heterocycles. The van der Waals surface area contributed by atoms with Crippen molar-refractivity contribution in [3.63, 3.8) is 0 Å². The van der Waals surface area contributed by atoms with E-state index in [1.54, 1.807) is 84.9 Å². The highest BCUT2D eigenvalue weighted by Crippen LogP contribution is 2.39. The molecule has 3 amide bonds. The van der Waals surface area contributed by atoms with Crippen molar-refractivity contribution >= 4 is 46.9 Å². The molecule has 0 aromatic heterocycles. The first kappa shape index (κ1) is 32.8. The molecule has 242 valence electrons. The molecule has 4 aromatic rings. The SMILES string of the molecule is COc1cc(/C=C(\NC(=O)c2ccccc2)C(=O)Nc2ccc(SCC(=O)Nc3ccc4c(c3)OCCO4)cc2)cc(OC)c1OC. The van der Waals surface area contributed by atoms with Crippen LogP contribution >= 0.6 is 11.8 Å². The van der Waals surface area contributed by atoms with Crippen molar-refractivity contribution in [1.82, 2.24) is 5.32 Å². The lowest BCUT2D eigenvalue weighted by atomic mass is 10.1. The molecule has 0 aliphatic carbocycles. The minimum absolute atomic E-state index is 0.0117. The third kappa shape index (κ3) is 8.56. The van der Waals surface area contributed by atoms with E-state index >= 15 is 0 Å². The first-order valence-corrected chi connectivity index (χ1v) is 15.5. The average molecular weight is 656 g/mol. The Labute approximate surface area is 276 Å². The summed E-state index contributed by atoms with van der Waals surface area (Å²) in [5.41, 5.74) is 2.01. The number of methoxy groups -OCH3 is 3. The van der Waals surface area contributed by atoms with E-state index < -0.39 is 11.8 Å². The van der Waals surface area contributed by atoms with Crippen LogP contribution in [0.5, 0.6) is 28.7 Å². The van der Waals surface area contributed by atoms with Crippen molar-refractivity contribution in [2.45, 2.75) is 4.90 Å². The number of carbonyl (C=O) groups is 3. The number of carbonyl (C=O) groups excluding carboxylic acids is 3. The summed E-state index contributed by atoms with van der Waals surface area (Å²) in [5, 5.41) is 8.41. The summed E-state index contributed by atoms with van der Waals surface area (Å²) in [4.78, 5) is 40.0. The molecule has 0 spiro atoms. The first-order chi connectivity index (χ1) is 22.9. The number of ether oxygens (including phenoxy) is 5. The lowest BCUT2D eigenvalue weighted by Crippen LogP contribution is -2.30. The Kier molecular flexibility index (Phi) is 10.9. The molecule has 0 atom stereocenters. The number of amides is 3. The Morgan fingerprint density at radius 1 is 0.766 bits per heavy atom. The molecule has 5 rings (SSSR count). The molecule has 0 saturated carbocycles. The van der Waals surface area contributed by atoms with Crippen LogP contribution in [0.25, 0.3) is 6.08 Å². The first-order valence-electron chi connectivity index (χ1n) is 14.5. The van der Waals surface area contributed by atoms with E-state index in [4.69, 9.17) is 23.7 Å². The summed E-state index contributed by atoms with van der Waals surface area (Å²) in [5.74, 6) is 1.40. The van der Waals surface area contributed by atoms with Crippen LogP contribution in [0.4, 0.5) is 11.4 Å². The standard InChI is InChI=1S/C35H33N3O8S/c1-42-30-18-22(19-31(43-2)33(30)44-3)17-27(38-34(40)23-7-5-4-6-8-23)35(41)37-24-9-12-26(13-10-24)47-21-32(39)36-25-11-14-28-29(20-25)46-16-15-45-28/h4-14,17-20H,15-16,21H2,1-3H3,(H,36,39)(H,37,41)(H,38,40)/b27-17-. The molecule has 0 saturated heterocycles. The minimum Gasteiger partial charge on any atom is -0.493 e. The predicted octanol–water partition coefficient (Wildman–Crippen LogP) is 5.62. The van der Waals surface area contributed by atoms with Gasteiger partial charge in [-0.3, -0.25) is 14.4 Å². The van der Waals surface area contributed by atoms with Crippen molar-refractivity contribution < 1.29 is 38.1 Å². The summed E-state index contributed by atoms with van der Waals surface area (Å²) in [7, 11) is 4.48. The van der Waals surface area contributed by atoms with E-state index in [-0.39, 0.29) is 17.4 Å². The maximum absolute atomic E-state index is 13.5. The molecule has 0 bridgehead atoms. The predicted molar refractivity (Wildman–Crippen MR) is 180 cm³/mol. The van der Waals surface area contributed by atoms with Gasteiger partial charge in [-0.05, 0) is 72.3 Å². The van der Waals surface area contributed by atoms with Crippen molar-refractivity contribution in [1.29, 1.82) is 0 Å². The minimum atomic E-state index is -0.553.